The van der Waals surface area contributed by atoms with Gasteiger partial charge in [-0.3, -0.25) is 24.0 Å². The molecule has 0 bridgehead atoms. The molecule has 0 radical (unpaired) electrons. The van der Waals surface area contributed by atoms with Crippen molar-refractivity contribution in [1.29, 1.82) is 0 Å². The van der Waals surface area contributed by atoms with Gasteiger partial charge < -0.3 is 21.3 Å². The third kappa shape index (κ3) is 9.52. The molecule has 1 aliphatic rings. The molecule has 0 spiro atoms. The maximum Gasteiger partial charge on any atom is 0.289 e. The van der Waals surface area contributed by atoms with Gasteiger partial charge >= 0.3 is 0 Å². The quantitative estimate of drug-likeness (QED) is 0.232. The molecule has 4 amide bonds. The Hall–Kier alpha value is -4.27. The molecule has 1 heterocycles. The monoisotopic (exact) mass is 532 g/mol. The highest BCUT2D eigenvalue weighted by Gasteiger charge is 2.35. The fraction of sp³-hybridized carbons (Fsp3) is 0.367. The third-order valence-electron chi connectivity index (χ3n) is 6.40. The summed E-state index contributed by atoms with van der Waals surface area (Å²) in [6.45, 7) is 4.44. The van der Waals surface area contributed by atoms with Crippen LogP contribution in [0, 0.1) is 11.8 Å². The molecule has 2 aromatic rings. The first-order chi connectivity index (χ1) is 18.7. The minimum atomic E-state index is -1.21. The van der Waals surface area contributed by atoms with Crippen LogP contribution in [-0.2, 0) is 30.5 Å². The van der Waals surface area contributed by atoms with Gasteiger partial charge in [-0.05, 0) is 42.4 Å². The van der Waals surface area contributed by atoms with Gasteiger partial charge in [0.25, 0.3) is 5.91 Å². The molecule has 0 aromatic heterocycles. The van der Waals surface area contributed by atoms with Crippen LogP contribution >= 0.6 is 0 Å². The van der Waals surface area contributed by atoms with Crippen molar-refractivity contribution in [3.63, 3.8) is 0 Å². The Kier molecular flexibility index (Phi) is 11.0. The van der Waals surface area contributed by atoms with Crippen molar-refractivity contribution in [2.75, 3.05) is 6.54 Å². The minimum Gasteiger partial charge on any atom is -0.356 e. The molecule has 3 rings (SSSR count). The lowest BCUT2D eigenvalue weighted by atomic mass is 9.94. The predicted octanol–water partition coefficient (Wildman–Crippen LogP) is 2.13. The van der Waals surface area contributed by atoms with Gasteiger partial charge in [0, 0.05) is 25.1 Å². The van der Waals surface area contributed by atoms with Crippen molar-refractivity contribution in [2.24, 2.45) is 11.8 Å². The van der Waals surface area contributed by atoms with E-state index < -0.39 is 41.5 Å². The summed E-state index contributed by atoms with van der Waals surface area (Å²) in [5.41, 5.74) is 1.65. The van der Waals surface area contributed by atoms with Crippen molar-refractivity contribution in [3.8, 4) is 0 Å². The first-order valence-corrected chi connectivity index (χ1v) is 13.2. The number of benzene rings is 2. The average Bonchev–Trinajstić information content (AvgIpc) is 3.34. The Balaban J connectivity index is 1.70. The number of hydrogen-bond acceptors (Lipinski definition) is 5. The van der Waals surface area contributed by atoms with E-state index in [1.165, 1.54) is 6.08 Å². The van der Waals surface area contributed by atoms with E-state index in [-0.39, 0.29) is 24.8 Å². The number of ketones is 1. The fourth-order valence-corrected chi connectivity index (χ4v) is 4.34. The van der Waals surface area contributed by atoms with Crippen molar-refractivity contribution in [1.82, 2.24) is 21.3 Å². The van der Waals surface area contributed by atoms with E-state index in [9.17, 15) is 24.0 Å². The van der Waals surface area contributed by atoms with Crippen LogP contribution in [0.1, 0.15) is 44.2 Å². The van der Waals surface area contributed by atoms with E-state index >= 15 is 0 Å². The average molecular weight is 533 g/mol. The second kappa shape index (κ2) is 14.6. The molecule has 0 aliphatic carbocycles. The number of hydrogen-bond donors (Lipinski definition) is 4. The van der Waals surface area contributed by atoms with E-state index in [0.717, 1.165) is 11.1 Å². The van der Waals surface area contributed by atoms with E-state index in [0.29, 0.717) is 19.4 Å². The van der Waals surface area contributed by atoms with Gasteiger partial charge in [0.05, 0.1) is 6.04 Å². The smallest absolute Gasteiger partial charge is 0.289 e. The molecule has 3 unspecified atom stereocenters. The van der Waals surface area contributed by atoms with Crippen molar-refractivity contribution in [2.45, 2.75) is 51.7 Å². The highest BCUT2D eigenvalue weighted by molar-refractivity contribution is 6.38. The van der Waals surface area contributed by atoms with E-state index in [1.54, 1.807) is 6.08 Å². The Morgan fingerprint density at radius 1 is 0.949 bits per heavy atom. The van der Waals surface area contributed by atoms with Crippen molar-refractivity contribution < 1.29 is 24.0 Å². The van der Waals surface area contributed by atoms with Gasteiger partial charge in [-0.25, -0.2) is 0 Å². The summed E-state index contributed by atoms with van der Waals surface area (Å²) >= 11 is 0. The maximum atomic E-state index is 13.3. The van der Waals surface area contributed by atoms with Gasteiger partial charge in [-0.1, -0.05) is 74.5 Å². The van der Waals surface area contributed by atoms with Gasteiger partial charge in [-0.2, -0.15) is 0 Å². The molecular weight excluding hydrogens is 496 g/mol. The van der Waals surface area contributed by atoms with Crippen LogP contribution in [0.3, 0.4) is 0 Å². The molecule has 9 nitrogen and oxygen atoms in total. The Bertz CT molecular complexity index is 1180. The molecule has 1 fully saturated rings. The fourth-order valence-electron chi connectivity index (χ4n) is 4.34. The highest BCUT2D eigenvalue weighted by Crippen LogP contribution is 2.17. The molecule has 1 saturated heterocycles. The third-order valence-corrected chi connectivity index (χ3v) is 6.40. The number of carbonyl (C=O) groups is 5. The first-order valence-electron chi connectivity index (χ1n) is 13.2. The lowest BCUT2D eigenvalue weighted by molar-refractivity contribution is -0.141. The summed E-state index contributed by atoms with van der Waals surface area (Å²) < 4.78 is 0. The largest absolute Gasteiger partial charge is 0.356 e. The summed E-state index contributed by atoms with van der Waals surface area (Å²) in [5.74, 6) is -3.40. The Morgan fingerprint density at radius 3 is 2.23 bits per heavy atom. The molecular formula is C30H36N4O5. The summed E-state index contributed by atoms with van der Waals surface area (Å²) in [6.07, 6.45) is 3.80. The molecule has 0 saturated carbocycles. The summed E-state index contributed by atoms with van der Waals surface area (Å²) in [5, 5.41) is 10.7. The zero-order valence-corrected chi connectivity index (χ0v) is 22.3. The SMILES string of the molecule is CC(C)CC(NC(=O)C=Cc1ccccc1)C(=O)NC(CC1CCNC1=O)C(=O)C(=O)NCc1ccccc1. The second-order valence-electron chi connectivity index (χ2n) is 10.0. The van der Waals surface area contributed by atoms with Crippen LogP contribution in [-0.4, -0.2) is 48.0 Å². The molecule has 9 heteroatoms. The predicted molar refractivity (Wildman–Crippen MR) is 148 cm³/mol. The zero-order valence-electron chi connectivity index (χ0n) is 22.3. The van der Waals surface area contributed by atoms with Crippen LogP contribution in [0.2, 0.25) is 0 Å². The molecule has 1 aliphatic heterocycles. The number of Topliss-reactive ketones (excluding diaryl/α,β-unsaturated/α-hetero) is 1. The number of amides is 4. The van der Waals surface area contributed by atoms with E-state index in [1.807, 2.05) is 74.5 Å². The zero-order chi connectivity index (χ0) is 28.2. The first kappa shape index (κ1) is 29.3. The van der Waals surface area contributed by atoms with Crippen molar-refractivity contribution >= 4 is 35.5 Å². The molecule has 2 aromatic carbocycles. The van der Waals surface area contributed by atoms with E-state index in [2.05, 4.69) is 21.3 Å². The normalized spacial score (nSPS) is 16.4. The maximum absolute atomic E-state index is 13.3. The van der Waals surface area contributed by atoms with E-state index in [4.69, 9.17) is 0 Å². The number of rotatable bonds is 13. The van der Waals surface area contributed by atoms with Crippen LogP contribution in [0.4, 0.5) is 0 Å². The Labute approximate surface area is 228 Å². The number of nitrogens with one attached hydrogen (secondary N) is 4. The van der Waals surface area contributed by atoms with Crippen LogP contribution in [0.25, 0.3) is 6.08 Å². The minimum absolute atomic E-state index is 0.00851. The van der Waals surface area contributed by atoms with Gasteiger partial charge in [-0.15, -0.1) is 0 Å². The Morgan fingerprint density at radius 2 is 1.62 bits per heavy atom. The van der Waals surface area contributed by atoms with Gasteiger partial charge in [0.2, 0.25) is 23.5 Å². The molecule has 206 valence electrons. The second-order valence-corrected chi connectivity index (χ2v) is 10.0. The number of carbonyl (C=O) groups excluding carboxylic acids is 5. The summed E-state index contributed by atoms with van der Waals surface area (Å²) in [7, 11) is 0. The molecule has 39 heavy (non-hydrogen) atoms. The summed E-state index contributed by atoms with van der Waals surface area (Å²) in [4.78, 5) is 64.1. The standard InChI is InChI=1S/C30H36N4O5/c1-20(2)17-25(33-26(35)14-13-21-9-5-3-6-10-21)29(38)34-24(18-23-15-16-31-28(23)37)27(36)30(39)32-19-22-11-7-4-8-12-22/h3-14,20,23-25H,15-19H2,1-2H3,(H,31,37)(H,32,39)(H,33,35)(H,34,38). The van der Waals surface area contributed by atoms with Gasteiger partial charge in [0.1, 0.15) is 6.04 Å². The highest BCUT2D eigenvalue weighted by atomic mass is 16.2. The molecule has 4 N–H and O–H groups in total. The topological polar surface area (TPSA) is 133 Å². The van der Waals surface area contributed by atoms with Crippen LogP contribution < -0.4 is 21.3 Å². The van der Waals surface area contributed by atoms with Crippen LogP contribution in [0.15, 0.2) is 66.7 Å². The molecule has 3 atom stereocenters. The van der Waals surface area contributed by atoms with Gasteiger partial charge in [0.15, 0.2) is 0 Å². The van der Waals surface area contributed by atoms with Crippen molar-refractivity contribution in [3.05, 3.63) is 77.9 Å². The summed E-state index contributed by atoms with van der Waals surface area (Å²) in [6, 6.07) is 16.2. The lowest BCUT2D eigenvalue weighted by Crippen LogP contribution is -2.54. The van der Waals surface area contributed by atoms with Crippen LogP contribution in [0.5, 0.6) is 0 Å². The lowest BCUT2D eigenvalue weighted by Gasteiger charge is -2.24.